The van der Waals surface area contributed by atoms with Crippen LogP contribution in [0.25, 0.3) is 0 Å². The molecule has 2 N–H and O–H groups in total. The summed E-state index contributed by atoms with van der Waals surface area (Å²) in [4.78, 5) is 0.241. The monoisotopic (exact) mass is 326 g/mol. The molecule has 1 aromatic carbocycles. The maximum atomic E-state index is 12.6. The first-order valence-electron chi connectivity index (χ1n) is 7.25. The van der Waals surface area contributed by atoms with Crippen molar-refractivity contribution in [3.05, 3.63) is 35.4 Å². The Bertz CT molecular complexity index is 614. The Morgan fingerprint density at radius 2 is 2.05 bits per heavy atom. The molecule has 21 heavy (non-hydrogen) atoms. The molecule has 2 rings (SSSR count). The second kappa shape index (κ2) is 6.85. The predicted molar refractivity (Wildman–Crippen MR) is 89.5 cm³/mol. The minimum Gasteiger partial charge on any atom is -0.389 e. The van der Waals surface area contributed by atoms with E-state index in [-0.39, 0.29) is 10.7 Å². The normalized spacial score (nSPS) is 20.9. The third-order valence-corrected chi connectivity index (χ3v) is 6.04. The zero-order valence-corrected chi connectivity index (χ0v) is 13.9. The number of sulfonamides is 1. The summed E-state index contributed by atoms with van der Waals surface area (Å²) in [6.07, 6.45) is 2.95. The van der Waals surface area contributed by atoms with Crippen LogP contribution in [0.3, 0.4) is 0 Å². The molecule has 1 atom stereocenters. The average molecular weight is 326 g/mol. The summed E-state index contributed by atoms with van der Waals surface area (Å²) in [5.74, 6) is 0.559. The van der Waals surface area contributed by atoms with Gasteiger partial charge in [0.15, 0.2) is 0 Å². The van der Waals surface area contributed by atoms with Gasteiger partial charge in [0.05, 0.1) is 5.75 Å². The van der Waals surface area contributed by atoms with Gasteiger partial charge >= 0.3 is 0 Å². The molecule has 1 aliphatic heterocycles. The maximum absolute atomic E-state index is 12.6. The average Bonchev–Trinajstić information content (AvgIpc) is 2.64. The first kappa shape index (κ1) is 16.4. The van der Waals surface area contributed by atoms with Crippen LogP contribution >= 0.6 is 12.2 Å². The van der Waals surface area contributed by atoms with Gasteiger partial charge in [0, 0.05) is 18.7 Å². The lowest BCUT2D eigenvalue weighted by atomic mass is 10.0. The molecule has 0 amide bonds. The molecule has 0 aromatic heterocycles. The fourth-order valence-corrected chi connectivity index (χ4v) is 4.51. The summed E-state index contributed by atoms with van der Waals surface area (Å²) >= 11 is 5.00. The Kier molecular flexibility index (Phi) is 5.35. The lowest BCUT2D eigenvalue weighted by Gasteiger charge is -2.21. The van der Waals surface area contributed by atoms with Crippen LogP contribution in [0.5, 0.6) is 0 Å². The van der Waals surface area contributed by atoms with E-state index in [4.69, 9.17) is 18.0 Å². The molecule has 6 heteroatoms. The molecule has 0 spiro atoms. The van der Waals surface area contributed by atoms with Crippen LogP contribution in [0.4, 0.5) is 0 Å². The molecule has 1 fully saturated rings. The molecule has 1 aromatic rings. The molecule has 116 valence electrons. The van der Waals surface area contributed by atoms with Crippen molar-refractivity contribution in [2.45, 2.75) is 31.9 Å². The van der Waals surface area contributed by atoms with E-state index in [1.54, 1.807) is 16.4 Å². The highest BCUT2D eigenvalue weighted by atomic mass is 32.2. The van der Waals surface area contributed by atoms with E-state index in [9.17, 15) is 8.42 Å². The summed E-state index contributed by atoms with van der Waals surface area (Å²) in [6, 6.07) is 7.19. The zero-order valence-electron chi connectivity index (χ0n) is 12.3. The lowest BCUT2D eigenvalue weighted by Crippen LogP contribution is -2.33. The van der Waals surface area contributed by atoms with E-state index in [0.717, 1.165) is 19.3 Å². The largest absolute Gasteiger partial charge is 0.389 e. The summed E-state index contributed by atoms with van der Waals surface area (Å²) in [5, 5.41) is 0. The second-order valence-electron chi connectivity index (χ2n) is 5.71. The Morgan fingerprint density at radius 3 is 2.76 bits per heavy atom. The fraction of sp³-hybridized carbons (Fsp3) is 0.533. The van der Waals surface area contributed by atoms with Crippen LogP contribution in [0.1, 0.15) is 37.3 Å². The number of benzene rings is 1. The van der Waals surface area contributed by atoms with E-state index >= 15 is 0 Å². The number of hydrogen-bond donors (Lipinski definition) is 1. The van der Waals surface area contributed by atoms with Crippen molar-refractivity contribution in [2.24, 2.45) is 11.7 Å². The van der Waals surface area contributed by atoms with Gasteiger partial charge in [-0.2, -0.15) is 0 Å². The summed E-state index contributed by atoms with van der Waals surface area (Å²) < 4.78 is 26.9. The predicted octanol–water partition coefficient (Wildman–Crippen LogP) is 2.27. The molecule has 0 saturated carbocycles. The van der Waals surface area contributed by atoms with Crippen molar-refractivity contribution in [2.75, 3.05) is 13.1 Å². The quantitative estimate of drug-likeness (QED) is 0.862. The Balaban J connectivity index is 2.19. The summed E-state index contributed by atoms with van der Waals surface area (Å²) in [5.41, 5.74) is 7.01. The maximum Gasteiger partial charge on any atom is 0.218 e. The van der Waals surface area contributed by atoms with Gasteiger partial charge in [0.25, 0.3) is 0 Å². The first-order chi connectivity index (χ1) is 9.90. The summed E-state index contributed by atoms with van der Waals surface area (Å²) in [7, 11) is -3.32. The van der Waals surface area contributed by atoms with Crippen molar-refractivity contribution in [3.63, 3.8) is 0 Å². The second-order valence-corrected chi connectivity index (χ2v) is 8.12. The number of thiocarbonyl (C=S) groups is 1. The lowest BCUT2D eigenvalue weighted by molar-refractivity contribution is 0.416. The van der Waals surface area contributed by atoms with Gasteiger partial charge in [-0.1, -0.05) is 43.4 Å². The van der Waals surface area contributed by atoms with Crippen molar-refractivity contribution in [3.8, 4) is 0 Å². The first-order valence-corrected chi connectivity index (χ1v) is 9.27. The van der Waals surface area contributed by atoms with Crippen LogP contribution in [-0.4, -0.2) is 30.8 Å². The molecule has 0 aliphatic carbocycles. The van der Waals surface area contributed by atoms with E-state index in [0.29, 0.717) is 30.1 Å². The third-order valence-electron chi connectivity index (χ3n) is 3.99. The van der Waals surface area contributed by atoms with Crippen molar-refractivity contribution < 1.29 is 8.42 Å². The van der Waals surface area contributed by atoms with Crippen molar-refractivity contribution >= 4 is 27.2 Å². The molecule has 0 radical (unpaired) electrons. The molecule has 1 saturated heterocycles. The third kappa shape index (κ3) is 4.25. The van der Waals surface area contributed by atoms with Crippen molar-refractivity contribution in [1.82, 2.24) is 4.31 Å². The number of nitrogens with zero attached hydrogens (tertiary/aromatic N) is 1. The van der Waals surface area contributed by atoms with Gasteiger partial charge in [0.1, 0.15) is 4.99 Å². The van der Waals surface area contributed by atoms with Crippen molar-refractivity contribution in [1.29, 1.82) is 0 Å². The molecule has 0 bridgehead atoms. The molecule has 1 unspecified atom stereocenters. The highest BCUT2D eigenvalue weighted by Gasteiger charge is 2.26. The van der Waals surface area contributed by atoms with Gasteiger partial charge in [0.2, 0.25) is 10.0 Å². The standard InChI is InChI=1S/C15H22N2O2S2/c1-12-5-4-9-17(10-8-12)21(18,19)11-13-6-2-3-7-14(13)15(16)20/h2-3,6-7,12H,4-5,8-11H2,1H3,(H2,16,20). The Labute approximate surface area is 132 Å². The molecule has 1 aliphatic rings. The number of nitrogens with two attached hydrogens (primary N) is 1. The van der Waals surface area contributed by atoms with Gasteiger partial charge in [-0.15, -0.1) is 0 Å². The van der Waals surface area contributed by atoms with Crippen LogP contribution in [0.15, 0.2) is 24.3 Å². The van der Waals surface area contributed by atoms with Crippen LogP contribution in [-0.2, 0) is 15.8 Å². The minimum atomic E-state index is -3.32. The van der Waals surface area contributed by atoms with E-state index in [2.05, 4.69) is 6.92 Å². The van der Waals surface area contributed by atoms with Gasteiger partial charge in [-0.05, 0) is 30.7 Å². The zero-order chi connectivity index (χ0) is 15.5. The smallest absolute Gasteiger partial charge is 0.218 e. The van der Waals surface area contributed by atoms with Gasteiger partial charge < -0.3 is 5.73 Å². The highest BCUT2D eigenvalue weighted by molar-refractivity contribution is 7.88. The molecule has 4 nitrogen and oxygen atoms in total. The Morgan fingerprint density at radius 1 is 1.33 bits per heavy atom. The Hall–Kier alpha value is -0.980. The van der Waals surface area contributed by atoms with Crippen LogP contribution < -0.4 is 5.73 Å². The van der Waals surface area contributed by atoms with Crippen LogP contribution in [0, 0.1) is 5.92 Å². The fourth-order valence-electron chi connectivity index (χ4n) is 2.69. The highest BCUT2D eigenvalue weighted by Crippen LogP contribution is 2.21. The van der Waals surface area contributed by atoms with E-state index in [1.165, 1.54) is 0 Å². The van der Waals surface area contributed by atoms with Gasteiger partial charge in [-0.25, -0.2) is 12.7 Å². The number of hydrogen-bond acceptors (Lipinski definition) is 3. The molecule has 1 heterocycles. The molecular formula is C15H22N2O2S2. The number of rotatable bonds is 4. The minimum absolute atomic E-state index is 0.0328. The molecular weight excluding hydrogens is 304 g/mol. The van der Waals surface area contributed by atoms with E-state index < -0.39 is 10.0 Å². The topological polar surface area (TPSA) is 63.4 Å². The summed E-state index contributed by atoms with van der Waals surface area (Å²) in [6.45, 7) is 3.40. The van der Waals surface area contributed by atoms with Crippen LogP contribution in [0.2, 0.25) is 0 Å². The van der Waals surface area contributed by atoms with Gasteiger partial charge in [-0.3, -0.25) is 0 Å². The SMILES string of the molecule is CC1CCCN(S(=O)(=O)Cc2ccccc2C(N)=S)CC1. The van der Waals surface area contributed by atoms with E-state index in [1.807, 2.05) is 12.1 Å².